The van der Waals surface area contributed by atoms with E-state index in [-0.39, 0.29) is 6.61 Å². The number of nitrogens with zero attached hydrogens (tertiary/aromatic N) is 1. The summed E-state index contributed by atoms with van der Waals surface area (Å²) in [4.78, 5) is 1.89. The number of hydrogen-bond acceptors (Lipinski definition) is 3. The number of halogens is 3. The molecule has 0 amide bonds. The first-order valence-corrected chi connectivity index (χ1v) is 5.57. The Kier molecular flexibility index (Phi) is 5.51. The van der Waals surface area contributed by atoms with Crippen molar-refractivity contribution in [2.75, 3.05) is 39.8 Å². The summed E-state index contributed by atoms with van der Waals surface area (Å²) in [6.07, 6.45) is -2.21. The van der Waals surface area contributed by atoms with Crippen LogP contribution in [0.1, 0.15) is 12.8 Å². The van der Waals surface area contributed by atoms with Gasteiger partial charge >= 0.3 is 6.36 Å². The smallest absolute Gasteiger partial charge is 0.316 e. The van der Waals surface area contributed by atoms with Gasteiger partial charge in [-0.3, -0.25) is 4.74 Å². The largest absolute Gasteiger partial charge is 0.522 e. The van der Waals surface area contributed by atoms with Crippen LogP contribution in [-0.2, 0) is 4.74 Å². The fraction of sp³-hybridized carbons (Fsp3) is 1.00. The van der Waals surface area contributed by atoms with Gasteiger partial charge in [-0.15, -0.1) is 13.2 Å². The molecule has 96 valence electrons. The lowest BCUT2D eigenvalue weighted by molar-refractivity contribution is -0.324. The number of alkyl halides is 3. The second-order valence-electron chi connectivity index (χ2n) is 4.27. The second kappa shape index (κ2) is 6.42. The first kappa shape index (κ1) is 13.7. The van der Waals surface area contributed by atoms with Gasteiger partial charge in [-0.1, -0.05) is 0 Å². The van der Waals surface area contributed by atoms with Crippen LogP contribution >= 0.6 is 0 Å². The van der Waals surface area contributed by atoms with Gasteiger partial charge in [-0.25, -0.2) is 0 Å². The van der Waals surface area contributed by atoms with Crippen molar-refractivity contribution in [1.82, 2.24) is 10.2 Å². The van der Waals surface area contributed by atoms with Gasteiger partial charge in [0.15, 0.2) is 0 Å². The standard InChI is InChI=1S/C10H19F3N2O/c1-15(5-6-16-10(11,12)13)8-9-3-2-4-14-7-9/h9,14H,2-8H2,1H3. The first-order valence-electron chi connectivity index (χ1n) is 5.57. The van der Waals surface area contributed by atoms with Crippen molar-refractivity contribution in [3.63, 3.8) is 0 Å². The lowest BCUT2D eigenvalue weighted by Gasteiger charge is -2.27. The van der Waals surface area contributed by atoms with Crippen LogP contribution < -0.4 is 5.32 Å². The van der Waals surface area contributed by atoms with Gasteiger partial charge in [0, 0.05) is 13.1 Å². The van der Waals surface area contributed by atoms with E-state index in [1.807, 2.05) is 11.9 Å². The minimum atomic E-state index is -4.51. The zero-order chi connectivity index (χ0) is 12.0. The summed E-state index contributed by atoms with van der Waals surface area (Å²) in [6.45, 7) is 2.87. The predicted molar refractivity (Wildman–Crippen MR) is 55.1 cm³/mol. The van der Waals surface area contributed by atoms with Gasteiger partial charge in [0.25, 0.3) is 0 Å². The van der Waals surface area contributed by atoms with Crippen LogP contribution in [0, 0.1) is 5.92 Å². The highest BCUT2D eigenvalue weighted by Gasteiger charge is 2.28. The van der Waals surface area contributed by atoms with Crippen LogP contribution in [-0.4, -0.2) is 51.1 Å². The highest BCUT2D eigenvalue weighted by molar-refractivity contribution is 4.71. The van der Waals surface area contributed by atoms with E-state index in [0.29, 0.717) is 12.5 Å². The van der Waals surface area contributed by atoms with E-state index in [1.54, 1.807) is 0 Å². The van der Waals surface area contributed by atoms with Crippen LogP contribution in [0.5, 0.6) is 0 Å². The van der Waals surface area contributed by atoms with Gasteiger partial charge in [-0.2, -0.15) is 0 Å². The molecule has 1 fully saturated rings. The zero-order valence-electron chi connectivity index (χ0n) is 9.52. The van der Waals surface area contributed by atoms with Crippen molar-refractivity contribution >= 4 is 0 Å². The molecule has 16 heavy (non-hydrogen) atoms. The molecule has 0 aliphatic carbocycles. The molecule has 1 rings (SSSR count). The molecule has 0 aromatic heterocycles. The van der Waals surface area contributed by atoms with Gasteiger partial charge < -0.3 is 10.2 Å². The summed E-state index contributed by atoms with van der Waals surface area (Å²) in [5, 5.41) is 3.28. The molecule has 3 nitrogen and oxygen atoms in total. The van der Waals surface area contributed by atoms with E-state index in [1.165, 1.54) is 0 Å². The Morgan fingerprint density at radius 3 is 2.75 bits per heavy atom. The van der Waals surface area contributed by atoms with E-state index in [9.17, 15) is 13.2 Å². The Balaban J connectivity index is 2.08. The number of likely N-dealkylation sites (N-methyl/N-ethyl adjacent to an activating group) is 1. The molecule has 1 saturated heterocycles. The summed E-state index contributed by atoms with van der Waals surface area (Å²) in [5.74, 6) is 0.546. The lowest BCUT2D eigenvalue weighted by Crippen LogP contribution is -2.38. The molecule has 1 unspecified atom stereocenters. The normalized spacial score (nSPS) is 22.7. The quantitative estimate of drug-likeness (QED) is 0.787. The number of nitrogens with one attached hydrogen (secondary N) is 1. The van der Waals surface area contributed by atoms with Gasteiger partial charge in [0.1, 0.15) is 0 Å². The summed E-state index contributed by atoms with van der Waals surface area (Å²) >= 11 is 0. The maximum Gasteiger partial charge on any atom is 0.522 e. The fourth-order valence-electron chi connectivity index (χ4n) is 1.93. The van der Waals surface area contributed by atoms with Crippen LogP contribution in [0.2, 0.25) is 0 Å². The first-order chi connectivity index (χ1) is 7.47. The second-order valence-corrected chi connectivity index (χ2v) is 4.27. The SMILES string of the molecule is CN(CCOC(F)(F)F)CC1CCCNC1. The van der Waals surface area contributed by atoms with E-state index < -0.39 is 6.36 Å². The minimum Gasteiger partial charge on any atom is -0.316 e. The highest BCUT2D eigenvalue weighted by Crippen LogP contribution is 2.16. The van der Waals surface area contributed by atoms with Crippen molar-refractivity contribution in [3.8, 4) is 0 Å². The van der Waals surface area contributed by atoms with Crippen LogP contribution in [0.15, 0.2) is 0 Å². The van der Waals surface area contributed by atoms with Crippen molar-refractivity contribution in [2.24, 2.45) is 5.92 Å². The molecule has 1 aliphatic heterocycles. The summed E-state index contributed by atoms with van der Waals surface area (Å²) in [6, 6.07) is 0. The molecular formula is C10H19F3N2O. The average Bonchev–Trinajstić information content (AvgIpc) is 2.17. The molecular weight excluding hydrogens is 221 g/mol. The van der Waals surface area contributed by atoms with E-state index >= 15 is 0 Å². The molecule has 1 aliphatic rings. The monoisotopic (exact) mass is 240 g/mol. The lowest BCUT2D eigenvalue weighted by atomic mass is 9.99. The van der Waals surface area contributed by atoms with E-state index in [4.69, 9.17) is 0 Å². The number of ether oxygens (including phenoxy) is 1. The summed E-state index contributed by atoms with van der Waals surface area (Å²) in [5.41, 5.74) is 0. The maximum absolute atomic E-state index is 11.7. The molecule has 0 bridgehead atoms. The number of hydrogen-bond donors (Lipinski definition) is 1. The van der Waals surface area contributed by atoms with Gasteiger partial charge in [0.05, 0.1) is 6.61 Å². The van der Waals surface area contributed by atoms with E-state index in [0.717, 1.165) is 32.5 Å². The average molecular weight is 240 g/mol. The number of rotatable bonds is 5. The predicted octanol–water partition coefficient (Wildman–Crippen LogP) is 1.45. The minimum absolute atomic E-state index is 0.292. The third kappa shape index (κ3) is 6.30. The van der Waals surface area contributed by atoms with Crippen LogP contribution in [0.4, 0.5) is 13.2 Å². The van der Waals surface area contributed by atoms with E-state index in [2.05, 4.69) is 10.1 Å². The Bertz CT molecular complexity index is 193. The van der Waals surface area contributed by atoms with Crippen molar-refractivity contribution in [2.45, 2.75) is 19.2 Å². The summed E-state index contributed by atoms with van der Waals surface area (Å²) in [7, 11) is 1.83. The third-order valence-corrected chi connectivity index (χ3v) is 2.71. The molecule has 0 aromatic carbocycles. The van der Waals surface area contributed by atoms with Crippen molar-refractivity contribution in [1.29, 1.82) is 0 Å². The Morgan fingerprint density at radius 1 is 1.44 bits per heavy atom. The molecule has 0 aromatic rings. The Labute approximate surface area is 93.9 Å². The molecule has 1 atom stereocenters. The molecule has 0 radical (unpaired) electrons. The third-order valence-electron chi connectivity index (χ3n) is 2.71. The maximum atomic E-state index is 11.7. The molecule has 1 N–H and O–H groups in total. The molecule has 0 saturated carbocycles. The van der Waals surface area contributed by atoms with Crippen molar-refractivity contribution in [3.05, 3.63) is 0 Å². The number of piperidine rings is 1. The molecule has 0 spiro atoms. The van der Waals surface area contributed by atoms with Crippen LogP contribution in [0.25, 0.3) is 0 Å². The van der Waals surface area contributed by atoms with Gasteiger partial charge in [0.2, 0.25) is 0 Å². The Morgan fingerprint density at radius 2 is 2.19 bits per heavy atom. The zero-order valence-corrected chi connectivity index (χ0v) is 9.52. The Hall–Kier alpha value is -0.330. The fourth-order valence-corrected chi connectivity index (χ4v) is 1.93. The molecule has 6 heteroatoms. The topological polar surface area (TPSA) is 24.5 Å². The highest BCUT2D eigenvalue weighted by atomic mass is 19.4. The van der Waals surface area contributed by atoms with Gasteiger partial charge in [-0.05, 0) is 38.9 Å². The van der Waals surface area contributed by atoms with Crippen LogP contribution in [0.3, 0.4) is 0 Å². The summed E-state index contributed by atoms with van der Waals surface area (Å²) < 4.78 is 38.9. The van der Waals surface area contributed by atoms with Crippen molar-refractivity contribution < 1.29 is 17.9 Å². The molecule has 1 heterocycles.